The van der Waals surface area contributed by atoms with E-state index in [1.165, 1.54) is 0 Å². The highest BCUT2D eigenvalue weighted by Gasteiger charge is 2.19. The number of hydrogen-bond donors (Lipinski definition) is 1. The van der Waals surface area contributed by atoms with E-state index < -0.39 is 6.10 Å². The molecule has 4 heteroatoms. The lowest BCUT2D eigenvalue weighted by atomic mass is 10.1. The first-order chi connectivity index (χ1) is 8.65. The van der Waals surface area contributed by atoms with E-state index in [2.05, 4.69) is 0 Å². The highest BCUT2D eigenvalue weighted by molar-refractivity contribution is 6.30. The van der Waals surface area contributed by atoms with Crippen molar-refractivity contribution in [3.8, 4) is 5.75 Å². The predicted octanol–water partition coefficient (Wildman–Crippen LogP) is 3.59. The number of hydrogen-bond acceptors (Lipinski definition) is 3. The minimum absolute atomic E-state index is 0.493. The summed E-state index contributed by atoms with van der Waals surface area (Å²) in [6.07, 6.45) is -0.0849. The van der Waals surface area contributed by atoms with E-state index in [0.717, 1.165) is 12.2 Å². The molecule has 0 spiro atoms. The lowest BCUT2D eigenvalue weighted by Gasteiger charge is -2.13. The van der Waals surface area contributed by atoms with Crippen molar-refractivity contribution in [3.05, 3.63) is 52.4 Å². The first kappa shape index (κ1) is 13.0. The molecule has 0 aliphatic heterocycles. The third-order valence-corrected chi connectivity index (χ3v) is 3.02. The molecule has 1 aromatic heterocycles. The van der Waals surface area contributed by atoms with Crippen LogP contribution in [0.2, 0.25) is 5.02 Å². The highest BCUT2D eigenvalue weighted by atomic mass is 35.5. The first-order valence-corrected chi connectivity index (χ1v) is 6.13. The van der Waals surface area contributed by atoms with Gasteiger partial charge < -0.3 is 14.3 Å². The van der Waals surface area contributed by atoms with E-state index in [0.29, 0.717) is 22.1 Å². The minimum atomic E-state index is -0.876. The summed E-state index contributed by atoms with van der Waals surface area (Å²) in [5, 5.41) is 10.9. The molecule has 96 valence electrons. The second-order valence-corrected chi connectivity index (χ2v) is 4.38. The number of methoxy groups -OCH3 is 1. The Hall–Kier alpha value is -1.45. The van der Waals surface area contributed by atoms with Crippen molar-refractivity contribution in [2.45, 2.75) is 19.4 Å². The smallest absolute Gasteiger partial charge is 0.140 e. The van der Waals surface area contributed by atoms with Gasteiger partial charge in [-0.1, -0.05) is 18.5 Å². The van der Waals surface area contributed by atoms with Gasteiger partial charge in [-0.3, -0.25) is 0 Å². The van der Waals surface area contributed by atoms with E-state index in [4.69, 9.17) is 20.8 Å². The van der Waals surface area contributed by atoms with Crippen LogP contribution in [0.4, 0.5) is 0 Å². The van der Waals surface area contributed by atoms with Gasteiger partial charge in [0.25, 0.3) is 0 Å². The van der Waals surface area contributed by atoms with Gasteiger partial charge in [0.05, 0.1) is 7.11 Å². The molecular weight excluding hydrogens is 252 g/mol. The first-order valence-electron chi connectivity index (χ1n) is 5.75. The van der Waals surface area contributed by atoms with Crippen molar-refractivity contribution in [2.75, 3.05) is 7.11 Å². The number of furan rings is 1. The van der Waals surface area contributed by atoms with Crippen LogP contribution in [0.25, 0.3) is 0 Å². The zero-order valence-electron chi connectivity index (χ0n) is 10.3. The van der Waals surface area contributed by atoms with Crippen molar-refractivity contribution in [1.29, 1.82) is 0 Å². The zero-order chi connectivity index (χ0) is 13.1. The number of aliphatic hydroxyl groups excluding tert-OH is 1. The number of rotatable bonds is 4. The van der Waals surface area contributed by atoms with Crippen LogP contribution in [-0.2, 0) is 6.42 Å². The summed E-state index contributed by atoms with van der Waals surface area (Å²) in [6.45, 7) is 2.00. The summed E-state index contributed by atoms with van der Waals surface area (Å²) in [7, 11) is 1.55. The molecule has 0 aliphatic rings. The third kappa shape index (κ3) is 2.52. The van der Waals surface area contributed by atoms with Crippen LogP contribution in [0.3, 0.4) is 0 Å². The average Bonchev–Trinajstić information content (AvgIpc) is 2.86. The SMILES string of the molecule is CCc1ccc(C(O)c2cc(Cl)ccc2OC)o1. The summed E-state index contributed by atoms with van der Waals surface area (Å²) in [5.41, 5.74) is 0.599. The van der Waals surface area contributed by atoms with Crippen LogP contribution in [0.5, 0.6) is 5.75 Å². The lowest BCUT2D eigenvalue weighted by molar-refractivity contribution is 0.182. The molecule has 2 rings (SSSR count). The second kappa shape index (κ2) is 5.46. The van der Waals surface area contributed by atoms with Gasteiger partial charge in [-0.15, -0.1) is 0 Å². The van der Waals surface area contributed by atoms with E-state index in [9.17, 15) is 5.11 Å². The molecule has 0 bridgehead atoms. The second-order valence-electron chi connectivity index (χ2n) is 3.95. The summed E-state index contributed by atoms with van der Waals surface area (Å²) >= 11 is 5.94. The Kier molecular flexibility index (Phi) is 3.94. The molecule has 18 heavy (non-hydrogen) atoms. The summed E-state index contributed by atoms with van der Waals surface area (Å²) in [6, 6.07) is 8.75. The Bertz CT molecular complexity index is 534. The fourth-order valence-corrected chi connectivity index (χ4v) is 1.98. The lowest BCUT2D eigenvalue weighted by Crippen LogP contribution is -2.01. The van der Waals surface area contributed by atoms with Crippen LogP contribution >= 0.6 is 11.6 Å². The predicted molar refractivity (Wildman–Crippen MR) is 70.2 cm³/mol. The Morgan fingerprint density at radius 3 is 2.72 bits per heavy atom. The largest absolute Gasteiger partial charge is 0.496 e. The van der Waals surface area contributed by atoms with Gasteiger partial charge in [0.2, 0.25) is 0 Å². The molecule has 0 saturated carbocycles. The van der Waals surface area contributed by atoms with Gasteiger partial charge in [-0.05, 0) is 30.3 Å². The zero-order valence-corrected chi connectivity index (χ0v) is 11.1. The maximum absolute atomic E-state index is 10.3. The molecule has 1 aromatic carbocycles. The van der Waals surface area contributed by atoms with Crippen LogP contribution in [0.15, 0.2) is 34.7 Å². The molecule has 0 fully saturated rings. The number of aryl methyl sites for hydroxylation is 1. The molecule has 0 amide bonds. The van der Waals surface area contributed by atoms with Crippen LogP contribution in [-0.4, -0.2) is 12.2 Å². The molecule has 1 unspecified atom stereocenters. The van der Waals surface area contributed by atoms with Crippen molar-refractivity contribution in [3.63, 3.8) is 0 Å². The fourth-order valence-electron chi connectivity index (χ4n) is 1.80. The molecule has 3 nitrogen and oxygen atoms in total. The maximum atomic E-state index is 10.3. The number of benzene rings is 1. The van der Waals surface area contributed by atoms with E-state index in [-0.39, 0.29) is 0 Å². The molecule has 0 saturated heterocycles. The van der Waals surface area contributed by atoms with Gasteiger partial charge in [-0.25, -0.2) is 0 Å². The highest BCUT2D eigenvalue weighted by Crippen LogP contribution is 2.32. The van der Waals surface area contributed by atoms with Crippen molar-refractivity contribution in [1.82, 2.24) is 0 Å². The molecular formula is C14H15ClO3. The van der Waals surface area contributed by atoms with Crippen molar-refractivity contribution >= 4 is 11.6 Å². The van der Waals surface area contributed by atoms with Gasteiger partial charge in [0.15, 0.2) is 0 Å². The molecule has 0 radical (unpaired) electrons. The Labute approximate surface area is 111 Å². The Morgan fingerprint density at radius 1 is 1.33 bits per heavy atom. The van der Waals surface area contributed by atoms with Crippen LogP contribution in [0, 0.1) is 0 Å². The number of halogens is 1. The summed E-state index contributed by atoms with van der Waals surface area (Å²) in [4.78, 5) is 0. The number of ether oxygens (including phenoxy) is 1. The number of aliphatic hydroxyl groups is 1. The molecule has 2 aromatic rings. The van der Waals surface area contributed by atoms with Crippen molar-refractivity contribution in [2.24, 2.45) is 0 Å². The van der Waals surface area contributed by atoms with E-state index in [1.807, 2.05) is 13.0 Å². The summed E-state index contributed by atoms with van der Waals surface area (Å²) in [5.74, 6) is 1.92. The molecule has 1 heterocycles. The standard InChI is InChI=1S/C14H15ClO3/c1-3-10-5-7-13(18-10)14(16)11-8-9(15)4-6-12(11)17-2/h4-8,14,16H,3H2,1-2H3. The topological polar surface area (TPSA) is 42.6 Å². The Balaban J connectivity index is 2.38. The average molecular weight is 267 g/mol. The minimum Gasteiger partial charge on any atom is -0.496 e. The maximum Gasteiger partial charge on any atom is 0.140 e. The van der Waals surface area contributed by atoms with Gasteiger partial charge in [-0.2, -0.15) is 0 Å². The van der Waals surface area contributed by atoms with E-state index in [1.54, 1.807) is 31.4 Å². The van der Waals surface area contributed by atoms with Crippen LogP contribution < -0.4 is 4.74 Å². The van der Waals surface area contributed by atoms with Gasteiger partial charge in [0.1, 0.15) is 23.4 Å². The van der Waals surface area contributed by atoms with Crippen molar-refractivity contribution < 1.29 is 14.3 Å². The molecule has 1 atom stereocenters. The normalized spacial score (nSPS) is 12.4. The van der Waals surface area contributed by atoms with Crippen LogP contribution in [0.1, 0.15) is 30.1 Å². The third-order valence-electron chi connectivity index (χ3n) is 2.79. The Morgan fingerprint density at radius 2 is 2.11 bits per heavy atom. The quantitative estimate of drug-likeness (QED) is 0.920. The monoisotopic (exact) mass is 266 g/mol. The molecule has 1 N–H and O–H groups in total. The van der Waals surface area contributed by atoms with E-state index >= 15 is 0 Å². The van der Waals surface area contributed by atoms with Gasteiger partial charge in [0, 0.05) is 17.0 Å². The van der Waals surface area contributed by atoms with Gasteiger partial charge >= 0.3 is 0 Å². The fraction of sp³-hybridized carbons (Fsp3) is 0.286. The molecule has 0 aliphatic carbocycles. The summed E-state index contributed by atoms with van der Waals surface area (Å²) < 4.78 is 10.8.